The Bertz CT molecular complexity index is 1470. The minimum atomic E-state index is -3.95. The Morgan fingerprint density at radius 2 is 1.55 bits per heavy atom. The highest BCUT2D eigenvalue weighted by atomic mass is 32.2. The number of nitrogens with one attached hydrogen (secondary N) is 1. The summed E-state index contributed by atoms with van der Waals surface area (Å²) < 4.78 is 37.9. The molecule has 3 aromatic rings. The fraction of sp³-hybridized carbons (Fsp3) is 0.375. The van der Waals surface area contributed by atoms with Crippen LogP contribution in [0.4, 0.5) is 5.69 Å². The largest absolute Gasteiger partial charge is 0.497 e. The zero-order valence-corrected chi connectivity index (χ0v) is 26.2. The van der Waals surface area contributed by atoms with Crippen LogP contribution in [0.2, 0.25) is 0 Å². The molecule has 10 heteroatoms. The van der Waals surface area contributed by atoms with E-state index in [9.17, 15) is 18.0 Å². The highest BCUT2D eigenvalue weighted by Crippen LogP contribution is 2.34. The Morgan fingerprint density at radius 1 is 0.905 bits per heavy atom. The van der Waals surface area contributed by atoms with Crippen molar-refractivity contribution in [3.05, 3.63) is 89.5 Å². The molecule has 1 unspecified atom stereocenters. The van der Waals surface area contributed by atoms with Crippen molar-refractivity contribution in [1.82, 2.24) is 10.2 Å². The van der Waals surface area contributed by atoms with Crippen molar-refractivity contribution in [3.8, 4) is 11.5 Å². The highest BCUT2D eigenvalue weighted by Gasteiger charge is 2.35. The molecule has 1 N–H and O–H groups in total. The third-order valence-corrected chi connectivity index (χ3v) is 7.70. The number of sulfonamides is 1. The quantitative estimate of drug-likeness (QED) is 0.334. The summed E-state index contributed by atoms with van der Waals surface area (Å²) in [5, 5.41) is 3.02. The van der Waals surface area contributed by atoms with Crippen LogP contribution < -0.4 is 19.1 Å². The molecule has 3 rings (SSSR count). The van der Waals surface area contributed by atoms with E-state index in [1.807, 2.05) is 82.3 Å². The van der Waals surface area contributed by atoms with Gasteiger partial charge in [-0.25, -0.2) is 8.42 Å². The lowest BCUT2D eigenvalue weighted by atomic mass is 10.0. The minimum Gasteiger partial charge on any atom is -0.497 e. The van der Waals surface area contributed by atoms with Crippen molar-refractivity contribution in [1.29, 1.82) is 0 Å². The molecule has 0 aliphatic rings. The molecule has 1 atom stereocenters. The molecule has 0 fully saturated rings. The number of ether oxygens (including phenoxy) is 2. The monoisotopic (exact) mass is 595 g/mol. The van der Waals surface area contributed by atoms with E-state index in [-0.39, 0.29) is 30.3 Å². The third-order valence-electron chi connectivity index (χ3n) is 6.58. The van der Waals surface area contributed by atoms with Gasteiger partial charge in [-0.3, -0.25) is 13.9 Å². The summed E-state index contributed by atoms with van der Waals surface area (Å²) in [5.74, 6) is -0.175. The molecule has 0 aliphatic carbocycles. The molecular formula is C32H41N3O6S. The van der Waals surface area contributed by atoms with Gasteiger partial charge in [0.1, 0.15) is 24.1 Å². The Hall–Kier alpha value is -4.05. The maximum Gasteiger partial charge on any atom is 0.244 e. The number of hydrogen-bond acceptors (Lipinski definition) is 6. The zero-order valence-electron chi connectivity index (χ0n) is 25.4. The summed E-state index contributed by atoms with van der Waals surface area (Å²) in [5.41, 5.74) is 2.36. The molecule has 0 aliphatic heterocycles. The first-order chi connectivity index (χ1) is 19.7. The molecular weight excluding hydrogens is 554 g/mol. The molecule has 226 valence electrons. The lowest BCUT2D eigenvalue weighted by Crippen LogP contribution is -2.56. The van der Waals surface area contributed by atoms with E-state index in [2.05, 4.69) is 5.32 Å². The van der Waals surface area contributed by atoms with Crippen LogP contribution in [0.3, 0.4) is 0 Å². The number of nitrogens with zero attached hydrogens (tertiary/aromatic N) is 2. The number of rotatable bonds is 12. The fourth-order valence-corrected chi connectivity index (χ4v) is 5.34. The lowest BCUT2D eigenvalue weighted by molar-refractivity contribution is -0.140. The number of aryl methyl sites for hydroxylation is 1. The number of carbonyl (C=O) groups excluding carboxylic acids is 2. The van der Waals surface area contributed by atoms with E-state index in [1.54, 1.807) is 12.1 Å². The van der Waals surface area contributed by atoms with E-state index < -0.39 is 34.1 Å². The Balaban J connectivity index is 2.10. The molecule has 0 saturated heterocycles. The van der Waals surface area contributed by atoms with Crippen LogP contribution in [0.1, 0.15) is 37.5 Å². The van der Waals surface area contributed by atoms with E-state index in [4.69, 9.17) is 9.47 Å². The molecule has 0 heterocycles. The van der Waals surface area contributed by atoms with Crippen molar-refractivity contribution < 1.29 is 27.5 Å². The molecule has 0 aromatic heterocycles. The number of hydrogen-bond donors (Lipinski definition) is 1. The summed E-state index contributed by atoms with van der Waals surface area (Å²) in [7, 11) is -1.04. The average Bonchev–Trinajstić information content (AvgIpc) is 2.93. The molecule has 3 aromatic carbocycles. The Kier molecular flexibility index (Phi) is 10.6. The van der Waals surface area contributed by atoms with Crippen molar-refractivity contribution in [3.63, 3.8) is 0 Å². The molecule has 2 amide bonds. The van der Waals surface area contributed by atoms with Crippen molar-refractivity contribution >= 4 is 27.5 Å². The van der Waals surface area contributed by atoms with Gasteiger partial charge in [0.05, 0.1) is 26.2 Å². The van der Waals surface area contributed by atoms with Gasteiger partial charge in [-0.05, 0) is 51.0 Å². The molecule has 9 nitrogen and oxygen atoms in total. The van der Waals surface area contributed by atoms with Gasteiger partial charge in [-0.1, -0.05) is 60.2 Å². The van der Waals surface area contributed by atoms with E-state index in [1.165, 1.54) is 25.2 Å². The van der Waals surface area contributed by atoms with Crippen LogP contribution in [0.25, 0.3) is 0 Å². The Morgan fingerprint density at radius 3 is 2.10 bits per heavy atom. The van der Waals surface area contributed by atoms with Gasteiger partial charge in [0.2, 0.25) is 21.8 Å². The topological polar surface area (TPSA) is 105 Å². The number of amides is 2. The summed E-state index contributed by atoms with van der Waals surface area (Å²) in [6.45, 7) is 7.15. The van der Waals surface area contributed by atoms with Crippen LogP contribution in [0.5, 0.6) is 11.5 Å². The first-order valence-corrected chi connectivity index (χ1v) is 15.5. The average molecular weight is 596 g/mol. The summed E-state index contributed by atoms with van der Waals surface area (Å²) in [6, 6.07) is 20.9. The number of carbonyl (C=O) groups is 2. The maximum atomic E-state index is 14.2. The summed E-state index contributed by atoms with van der Waals surface area (Å²) in [6.07, 6.45) is 1.27. The second kappa shape index (κ2) is 13.7. The molecule has 0 radical (unpaired) electrons. The standard InChI is InChI=1S/C32H41N3O6S/c1-23-13-15-25(16-14-23)21-34(28(31(37)33-32(2,3)4)19-24-11-9-8-10-12-24)30(36)22-35(42(7,38)39)27-18-17-26(40-5)20-29(27)41-6/h8-18,20,28H,19,21-22H2,1-7H3,(H,33,37). The summed E-state index contributed by atoms with van der Waals surface area (Å²) in [4.78, 5) is 29.5. The van der Waals surface area contributed by atoms with Crippen LogP contribution in [-0.2, 0) is 32.6 Å². The number of methoxy groups -OCH3 is 2. The van der Waals surface area contributed by atoms with Gasteiger partial charge in [0, 0.05) is 24.6 Å². The Labute approximate surface area is 249 Å². The second-order valence-corrected chi connectivity index (χ2v) is 13.2. The van der Waals surface area contributed by atoms with Gasteiger partial charge in [-0.2, -0.15) is 0 Å². The minimum absolute atomic E-state index is 0.103. The highest BCUT2D eigenvalue weighted by molar-refractivity contribution is 7.92. The predicted molar refractivity (Wildman–Crippen MR) is 165 cm³/mol. The van der Waals surface area contributed by atoms with E-state index in [0.717, 1.165) is 27.3 Å². The van der Waals surface area contributed by atoms with Gasteiger partial charge in [0.15, 0.2) is 0 Å². The maximum absolute atomic E-state index is 14.2. The lowest BCUT2D eigenvalue weighted by Gasteiger charge is -2.35. The molecule has 0 saturated carbocycles. The first kappa shape index (κ1) is 32.5. The fourth-order valence-electron chi connectivity index (χ4n) is 4.48. The third kappa shape index (κ3) is 8.97. The predicted octanol–water partition coefficient (Wildman–Crippen LogP) is 4.33. The van der Waals surface area contributed by atoms with Crippen LogP contribution in [0.15, 0.2) is 72.8 Å². The zero-order chi connectivity index (χ0) is 31.1. The van der Waals surface area contributed by atoms with Crippen LogP contribution in [-0.4, -0.2) is 63.7 Å². The van der Waals surface area contributed by atoms with E-state index in [0.29, 0.717) is 5.75 Å². The van der Waals surface area contributed by atoms with Gasteiger partial charge in [0.25, 0.3) is 0 Å². The first-order valence-electron chi connectivity index (χ1n) is 13.6. The van der Waals surface area contributed by atoms with Gasteiger partial charge >= 0.3 is 0 Å². The van der Waals surface area contributed by atoms with Crippen molar-refractivity contribution in [2.45, 2.75) is 52.2 Å². The van der Waals surface area contributed by atoms with E-state index >= 15 is 0 Å². The molecule has 0 bridgehead atoms. The number of anilines is 1. The van der Waals surface area contributed by atoms with Crippen LogP contribution >= 0.6 is 0 Å². The second-order valence-electron chi connectivity index (χ2n) is 11.3. The SMILES string of the molecule is COc1ccc(N(CC(=O)N(Cc2ccc(C)cc2)C(Cc2ccccc2)C(=O)NC(C)(C)C)S(C)(=O)=O)c(OC)c1. The van der Waals surface area contributed by atoms with Gasteiger partial charge in [-0.15, -0.1) is 0 Å². The molecule has 0 spiro atoms. The van der Waals surface area contributed by atoms with Gasteiger partial charge < -0.3 is 19.7 Å². The number of benzene rings is 3. The van der Waals surface area contributed by atoms with Crippen molar-refractivity contribution in [2.24, 2.45) is 0 Å². The normalized spacial score (nSPS) is 12.3. The molecule has 42 heavy (non-hydrogen) atoms. The smallest absolute Gasteiger partial charge is 0.244 e. The van der Waals surface area contributed by atoms with Crippen LogP contribution in [0, 0.1) is 6.92 Å². The van der Waals surface area contributed by atoms with Crippen molar-refractivity contribution in [2.75, 3.05) is 31.3 Å². The summed E-state index contributed by atoms with van der Waals surface area (Å²) >= 11 is 0.